The molecule has 0 saturated heterocycles. The van der Waals surface area contributed by atoms with E-state index in [0.29, 0.717) is 0 Å². The third-order valence-corrected chi connectivity index (χ3v) is 5.02. The Hall–Kier alpha value is -0.780. The highest BCUT2D eigenvalue weighted by Crippen LogP contribution is 2.40. The first-order valence-corrected chi connectivity index (χ1v) is 8.38. The van der Waals surface area contributed by atoms with Gasteiger partial charge >= 0.3 is 0 Å². The van der Waals surface area contributed by atoms with Crippen molar-refractivity contribution in [3.8, 4) is 0 Å². The van der Waals surface area contributed by atoms with E-state index in [1.54, 1.807) is 0 Å². The predicted octanol–water partition coefficient (Wildman–Crippen LogP) is 3.75. The lowest BCUT2D eigenvalue weighted by Gasteiger charge is -2.39. The van der Waals surface area contributed by atoms with Crippen LogP contribution < -0.4 is 10.6 Å². The Morgan fingerprint density at radius 2 is 1.91 bits per heavy atom. The van der Waals surface area contributed by atoms with Crippen LogP contribution in [0.3, 0.4) is 0 Å². The molecular formula is C18H28IN3. The number of nitrogens with zero attached hydrogens (tertiary/aromatic N) is 1. The van der Waals surface area contributed by atoms with E-state index in [4.69, 9.17) is 0 Å². The number of guanidine groups is 1. The van der Waals surface area contributed by atoms with E-state index < -0.39 is 0 Å². The van der Waals surface area contributed by atoms with Crippen molar-refractivity contribution < 1.29 is 0 Å². The quantitative estimate of drug-likeness (QED) is 0.741. The van der Waals surface area contributed by atoms with Crippen LogP contribution in [0.1, 0.15) is 49.7 Å². The van der Waals surface area contributed by atoms with Gasteiger partial charge in [0, 0.05) is 25.0 Å². The summed E-state index contributed by atoms with van der Waals surface area (Å²) < 4.78 is 0. The molecule has 0 atom stereocenters. The second-order valence-corrected chi connectivity index (χ2v) is 6.52. The largest absolute Gasteiger partial charge is 0.356 e. The highest BCUT2D eigenvalue weighted by molar-refractivity contribution is 14.0. The second-order valence-electron chi connectivity index (χ2n) is 6.52. The van der Waals surface area contributed by atoms with E-state index in [1.807, 2.05) is 0 Å². The summed E-state index contributed by atoms with van der Waals surface area (Å²) in [5.41, 5.74) is 3.25. The smallest absolute Gasteiger partial charge is 0.191 e. The number of aliphatic imine (C=N–C) groups is 1. The van der Waals surface area contributed by atoms with Crippen molar-refractivity contribution in [3.05, 3.63) is 35.4 Å². The molecular weight excluding hydrogens is 385 g/mol. The number of nitrogens with one attached hydrogen (secondary N) is 2. The molecule has 22 heavy (non-hydrogen) atoms. The summed E-state index contributed by atoms with van der Waals surface area (Å²) in [4.78, 5) is 4.56. The van der Waals surface area contributed by atoms with E-state index in [2.05, 4.69) is 46.8 Å². The Kier molecular flexibility index (Phi) is 6.53. The lowest BCUT2D eigenvalue weighted by atomic mass is 9.68. The maximum absolute atomic E-state index is 4.56. The maximum Gasteiger partial charge on any atom is 0.191 e. The van der Waals surface area contributed by atoms with Crippen molar-refractivity contribution in [1.82, 2.24) is 10.6 Å². The number of benzene rings is 1. The van der Waals surface area contributed by atoms with E-state index in [9.17, 15) is 0 Å². The number of hydrogen-bond donors (Lipinski definition) is 2. The first-order chi connectivity index (χ1) is 10.3. The van der Waals surface area contributed by atoms with Gasteiger partial charge in [0.25, 0.3) is 0 Å². The van der Waals surface area contributed by atoms with Gasteiger partial charge in [-0.1, -0.05) is 43.5 Å². The summed E-state index contributed by atoms with van der Waals surface area (Å²) in [5.74, 6) is 1.000. The molecule has 0 spiro atoms. The van der Waals surface area contributed by atoms with Crippen molar-refractivity contribution >= 4 is 29.9 Å². The molecule has 1 aliphatic carbocycles. The first-order valence-electron chi connectivity index (χ1n) is 8.38. The summed E-state index contributed by atoms with van der Waals surface area (Å²) in [6, 6.07) is 8.92. The van der Waals surface area contributed by atoms with Crippen LogP contribution in [-0.2, 0) is 5.41 Å². The summed E-state index contributed by atoms with van der Waals surface area (Å²) >= 11 is 0. The van der Waals surface area contributed by atoms with Crippen LogP contribution in [0.5, 0.6) is 0 Å². The molecule has 1 heterocycles. The van der Waals surface area contributed by atoms with Crippen LogP contribution in [0.2, 0.25) is 0 Å². The van der Waals surface area contributed by atoms with Gasteiger partial charge in [-0.25, -0.2) is 0 Å². The third kappa shape index (κ3) is 3.94. The standard InChI is InChI=1S/C18H27N3.HI/c1-15-8-3-4-9-16(15)18(10-5-2-6-11-18)14-21-17-19-12-7-13-20-17;/h3-4,8-9H,2,5-7,10-14H2,1H3,(H2,19,20,21);1H. The molecule has 122 valence electrons. The average Bonchev–Trinajstić information content (AvgIpc) is 2.55. The Labute approximate surface area is 151 Å². The highest BCUT2D eigenvalue weighted by Gasteiger charge is 2.35. The van der Waals surface area contributed by atoms with Crippen LogP contribution in [0.25, 0.3) is 0 Å². The number of hydrogen-bond acceptors (Lipinski definition) is 3. The molecule has 0 amide bonds. The van der Waals surface area contributed by atoms with Crippen LogP contribution in [0.15, 0.2) is 29.3 Å². The van der Waals surface area contributed by atoms with Gasteiger partial charge in [0.2, 0.25) is 0 Å². The maximum atomic E-state index is 4.56. The fourth-order valence-electron chi connectivity index (χ4n) is 3.84. The fraction of sp³-hybridized carbons (Fsp3) is 0.611. The Balaban J connectivity index is 0.00000176. The zero-order valence-corrected chi connectivity index (χ0v) is 15.9. The van der Waals surface area contributed by atoms with Crippen LogP contribution in [-0.4, -0.2) is 25.6 Å². The minimum Gasteiger partial charge on any atom is -0.356 e. The topological polar surface area (TPSA) is 36.4 Å². The molecule has 1 fully saturated rings. The molecule has 1 aliphatic heterocycles. The van der Waals surface area contributed by atoms with Gasteiger partial charge in [-0.05, 0) is 37.3 Å². The minimum atomic E-state index is 0. The Bertz CT molecular complexity index is 507. The van der Waals surface area contributed by atoms with Crippen molar-refractivity contribution in [2.45, 2.75) is 50.9 Å². The second kappa shape index (κ2) is 8.18. The molecule has 0 radical (unpaired) electrons. The molecule has 0 bridgehead atoms. The lowest BCUT2D eigenvalue weighted by molar-refractivity contribution is 0.290. The zero-order valence-electron chi connectivity index (χ0n) is 13.5. The summed E-state index contributed by atoms with van der Waals surface area (Å²) in [6.45, 7) is 5.25. The summed E-state index contributed by atoms with van der Waals surface area (Å²) in [5, 5.41) is 6.98. The van der Waals surface area contributed by atoms with E-state index >= 15 is 0 Å². The molecule has 1 aromatic rings. The van der Waals surface area contributed by atoms with Gasteiger partial charge in [-0.15, -0.1) is 24.0 Å². The summed E-state index contributed by atoms with van der Waals surface area (Å²) in [7, 11) is 0. The fourth-order valence-corrected chi connectivity index (χ4v) is 3.84. The van der Waals surface area contributed by atoms with Gasteiger partial charge in [-0.2, -0.15) is 0 Å². The van der Waals surface area contributed by atoms with Crippen molar-refractivity contribution in [2.75, 3.05) is 19.6 Å². The van der Waals surface area contributed by atoms with Crippen LogP contribution in [0, 0.1) is 6.92 Å². The number of rotatable bonds is 3. The molecule has 1 aromatic carbocycles. The van der Waals surface area contributed by atoms with E-state index in [0.717, 1.165) is 32.0 Å². The van der Waals surface area contributed by atoms with Gasteiger partial charge < -0.3 is 10.6 Å². The zero-order chi connectivity index (χ0) is 14.5. The lowest BCUT2D eigenvalue weighted by Crippen LogP contribution is -2.48. The Morgan fingerprint density at radius 1 is 1.14 bits per heavy atom. The molecule has 2 N–H and O–H groups in total. The molecule has 0 aromatic heterocycles. The Morgan fingerprint density at radius 3 is 2.59 bits per heavy atom. The monoisotopic (exact) mass is 413 g/mol. The van der Waals surface area contributed by atoms with Crippen molar-refractivity contribution in [3.63, 3.8) is 0 Å². The van der Waals surface area contributed by atoms with E-state index in [-0.39, 0.29) is 29.4 Å². The summed E-state index contributed by atoms with van der Waals surface area (Å²) in [6.07, 6.45) is 7.79. The van der Waals surface area contributed by atoms with E-state index in [1.165, 1.54) is 43.2 Å². The normalized spacial score (nSPS) is 20.3. The molecule has 0 unspecified atom stereocenters. The van der Waals surface area contributed by atoms with Crippen molar-refractivity contribution in [1.29, 1.82) is 0 Å². The molecule has 3 nitrogen and oxygen atoms in total. The van der Waals surface area contributed by atoms with Gasteiger partial charge in [0.05, 0.1) is 0 Å². The highest BCUT2D eigenvalue weighted by atomic mass is 127. The molecule has 1 saturated carbocycles. The molecule has 3 rings (SSSR count). The van der Waals surface area contributed by atoms with Crippen molar-refractivity contribution in [2.24, 2.45) is 4.99 Å². The molecule has 4 heteroatoms. The number of halogens is 1. The first kappa shape index (κ1) is 17.6. The molecule has 2 aliphatic rings. The SMILES string of the molecule is Cc1ccccc1C1(CNC2=NCCCN2)CCCCC1.I. The van der Waals surface area contributed by atoms with Gasteiger partial charge in [0.15, 0.2) is 5.96 Å². The predicted molar refractivity (Wildman–Crippen MR) is 104 cm³/mol. The van der Waals surface area contributed by atoms with Crippen LogP contribution in [0.4, 0.5) is 0 Å². The number of aryl methyl sites for hydroxylation is 1. The van der Waals surface area contributed by atoms with Crippen LogP contribution >= 0.6 is 24.0 Å². The third-order valence-electron chi connectivity index (χ3n) is 5.02. The minimum absolute atomic E-state index is 0. The van der Waals surface area contributed by atoms with Gasteiger partial charge in [0.1, 0.15) is 0 Å². The van der Waals surface area contributed by atoms with Gasteiger partial charge in [-0.3, -0.25) is 4.99 Å². The average molecular weight is 413 g/mol.